The number of carbonyl (C=O) groups is 2. The Bertz CT molecular complexity index is 994. The maximum absolute atomic E-state index is 12.5. The van der Waals surface area contributed by atoms with Crippen LogP contribution in [0.1, 0.15) is 99.4 Å². The minimum atomic E-state index is -1.91. The van der Waals surface area contributed by atoms with E-state index in [1.54, 1.807) is 6.92 Å². The Morgan fingerprint density at radius 3 is 2.24 bits per heavy atom. The second kappa shape index (κ2) is 14.3. The van der Waals surface area contributed by atoms with Gasteiger partial charge in [0.25, 0.3) is 0 Å². The number of methoxy groups -OCH3 is 1. The lowest BCUT2D eigenvalue weighted by Gasteiger charge is -2.39. The van der Waals surface area contributed by atoms with Crippen molar-refractivity contribution in [2.24, 2.45) is 0 Å². The van der Waals surface area contributed by atoms with E-state index in [0.717, 1.165) is 42.7 Å². The number of anilines is 1. The van der Waals surface area contributed by atoms with Crippen LogP contribution in [-0.4, -0.2) is 33.8 Å². The number of nitrogens with zero attached hydrogens (tertiary/aromatic N) is 1. The molecule has 1 amide bonds. The van der Waals surface area contributed by atoms with Gasteiger partial charge >= 0.3 is 5.97 Å². The summed E-state index contributed by atoms with van der Waals surface area (Å²) in [7, 11) is -0.509. The molecular formula is C30H47NO4SSi. The topological polar surface area (TPSA) is 55.8 Å². The zero-order valence-electron chi connectivity index (χ0n) is 24.2. The predicted octanol–water partition coefficient (Wildman–Crippen LogP) is 8.55. The number of unbranched alkanes of at least 4 members (excludes halogenated alkanes) is 3. The molecule has 5 nitrogen and oxygen atoms in total. The molecule has 1 atom stereocenters. The molecule has 0 N–H and O–H groups in total. The van der Waals surface area contributed by atoms with Gasteiger partial charge in [0.2, 0.25) is 5.91 Å². The molecule has 1 heterocycles. The van der Waals surface area contributed by atoms with Crippen LogP contribution in [0, 0.1) is 0 Å². The van der Waals surface area contributed by atoms with E-state index in [1.807, 2.05) is 17.0 Å². The fourth-order valence-corrected chi connectivity index (χ4v) is 6.32. The Morgan fingerprint density at radius 1 is 1.00 bits per heavy atom. The molecule has 0 aliphatic rings. The average molecular weight is 546 g/mol. The van der Waals surface area contributed by atoms with Crippen LogP contribution >= 0.6 is 11.3 Å². The van der Waals surface area contributed by atoms with Gasteiger partial charge in [0.05, 0.1) is 13.2 Å². The van der Waals surface area contributed by atoms with E-state index in [-0.39, 0.29) is 23.0 Å². The van der Waals surface area contributed by atoms with Gasteiger partial charge in [-0.3, -0.25) is 4.79 Å². The van der Waals surface area contributed by atoms with Crippen molar-refractivity contribution >= 4 is 37.2 Å². The summed E-state index contributed by atoms with van der Waals surface area (Å²) in [6.07, 6.45) is 7.40. The van der Waals surface area contributed by atoms with Gasteiger partial charge in [-0.2, -0.15) is 0 Å². The first kappa shape index (κ1) is 31.3. The molecule has 206 valence electrons. The summed E-state index contributed by atoms with van der Waals surface area (Å²) in [6.45, 7) is 16.0. The van der Waals surface area contributed by atoms with Gasteiger partial charge in [-0.25, -0.2) is 4.79 Å². The van der Waals surface area contributed by atoms with Crippen molar-refractivity contribution in [2.45, 2.75) is 104 Å². The third-order valence-corrected chi connectivity index (χ3v) is 13.0. The second-order valence-electron chi connectivity index (χ2n) is 11.3. The smallest absolute Gasteiger partial charge is 0.348 e. The molecule has 2 aromatic rings. The van der Waals surface area contributed by atoms with Gasteiger partial charge in [0.1, 0.15) is 4.88 Å². The number of thiophene rings is 1. The van der Waals surface area contributed by atoms with Crippen LogP contribution in [0.5, 0.6) is 0 Å². The van der Waals surface area contributed by atoms with Gasteiger partial charge in [-0.15, -0.1) is 11.3 Å². The lowest BCUT2D eigenvalue weighted by Crippen LogP contribution is -2.41. The highest BCUT2D eigenvalue weighted by molar-refractivity contribution is 7.13. The summed E-state index contributed by atoms with van der Waals surface area (Å²) in [4.78, 5) is 27.8. The first-order chi connectivity index (χ1) is 17.4. The number of carbonyl (C=O) groups excluding carboxylic acids is 2. The first-order valence-electron chi connectivity index (χ1n) is 13.6. The molecule has 1 aromatic heterocycles. The Balaban J connectivity index is 2.04. The minimum absolute atomic E-state index is 0.0499. The third-order valence-electron chi connectivity index (χ3n) is 7.37. The Hall–Kier alpha value is -1.96. The molecule has 0 fully saturated rings. The SMILES string of the molecule is CCCCCC(O[Si](C)(C)C(C)(C)C)c1ccc(N(CCCCc2ccc(C(=O)OC)s2)C(C)=O)cc1. The molecule has 0 saturated heterocycles. The average Bonchev–Trinajstić information content (AvgIpc) is 3.31. The van der Waals surface area contributed by atoms with Gasteiger partial charge in [0, 0.05) is 24.0 Å². The quantitative estimate of drug-likeness (QED) is 0.136. The van der Waals surface area contributed by atoms with Crippen molar-refractivity contribution in [1.29, 1.82) is 0 Å². The molecule has 0 spiro atoms. The van der Waals surface area contributed by atoms with Gasteiger partial charge in [-0.1, -0.05) is 59.1 Å². The standard InChI is InChI=1S/C30H47NO4SSi/c1-9-10-11-15-27(35-37(7,8)30(3,4)5)24-16-18-25(19-17-24)31(23(2)32)22-13-12-14-26-20-21-28(36-26)29(33)34-6/h16-21,27H,9-15,22H2,1-8H3. The molecule has 2 rings (SSSR count). The number of esters is 1. The summed E-state index contributed by atoms with van der Waals surface area (Å²) in [5.41, 5.74) is 2.13. The lowest BCUT2D eigenvalue weighted by molar-refractivity contribution is -0.116. The zero-order chi connectivity index (χ0) is 27.6. The van der Waals surface area contributed by atoms with E-state index >= 15 is 0 Å². The highest BCUT2D eigenvalue weighted by Gasteiger charge is 2.39. The van der Waals surface area contributed by atoms with E-state index in [4.69, 9.17) is 9.16 Å². The molecule has 1 aromatic carbocycles. The van der Waals surface area contributed by atoms with Crippen molar-refractivity contribution in [2.75, 3.05) is 18.6 Å². The summed E-state index contributed by atoms with van der Waals surface area (Å²) >= 11 is 1.48. The number of benzene rings is 1. The maximum Gasteiger partial charge on any atom is 0.348 e. The Morgan fingerprint density at radius 2 is 1.68 bits per heavy atom. The predicted molar refractivity (Wildman–Crippen MR) is 158 cm³/mol. The maximum atomic E-state index is 12.5. The van der Waals surface area contributed by atoms with Crippen molar-refractivity contribution in [3.63, 3.8) is 0 Å². The van der Waals surface area contributed by atoms with Crippen molar-refractivity contribution < 1.29 is 18.8 Å². The molecule has 0 saturated carbocycles. The van der Waals surface area contributed by atoms with E-state index < -0.39 is 8.32 Å². The molecule has 0 bridgehead atoms. The number of hydrogen-bond donors (Lipinski definition) is 0. The van der Waals surface area contributed by atoms with Gasteiger partial charge in [0.15, 0.2) is 8.32 Å². The highest BCUT2D eigenvalue weighted by Crippen LogP contribution is 2.41. The van der Waals surface area contributed by atoms with E-state index in [0.29, 0.717) is 11.4 Å². The fourth-order valence-electron chi connectivity index (χ4n) is 4.03. The Labute approximate surface area is 229 Å². The van der Waals surface area contributed by atoms with Crippen LogP contribution in [0.4, 0.5) is 5.69 Å². The number of amides is 1. The van der Waals surface area contributed by atoms with Gasteiger partial charge < -0.3 is 14.1 Å². The number of rotatable bonds is 14. The van der Waals surface area contributed by atoms with Crippen LogP contribution in [-0.2, 0) is 20.4 Å². The summed E-state index contributed by atoms with van der Waals surface area (Å²) in [5, 5.41) is 0.158. The van der Waals surface area contributed by atoms with Gasteiger partial charge in [-0.05, 0) is 73.6 Å². The Kier molecular flexibility index (Phi) is 12.0. The molecule has 1 unspecified atom stereocenters. The zero-order valence-corrected chi connectivity index (χ0v) is 26.0. The molecule has 7 heteroatoms. The minimum Gasteiger partial charge on any atom is -0.465 e. The number of aryl methyl sites for hydroxylation is 1. The summed E-state index contributed by atoms with van der Waals surface area (Å²) in [6, 6.07) is 12.2. The van der Waals surface area contributed by atoms with Crippen LogP contribution in [0.15, 0.2) is 36.4 Å². The van der Waals surface area contributed by atoms with Crippen molar-refractivity contribution in [3.05, 3.63) is 51.7 Å². The second-order valence-corrected chi connectivity index (χ2v) is 17.3. The molecule has 37 heavy (non-hydrogen) atoms. The van der Waals surface area contributed by atoms with Crippen molar-refractivity contribution in [1.82, 2.24) is 0 Å². The van der Waals surface area contributed by atoms with Crippen molar-refractivity contribution in [3.8, 4) is 0 Å². The lowest BCUT2D eigenvalue weighted by atomic mass is 10.0. The molecule has 0 radical (unpaired) electrons. The third kappa shape index (κ3) is 9.38. The van der Waals surface area contributed by atoms with E-state index in [1.165, 1.54) is 36.9 Å². The first-order valence-corrected chi connectivity index (χ1v) is 17.3. The van der Waals surface area contributed by atoms with E-state index in [9.17, 15) is 9.59 Å². The molecule has 0 aliphatic carbocycles. The van der Waals surface area contributed by atoms with Crippen LogP contribution in [0.2, 0.25) is 18.1 Å². The molecule has 0 aliphatic heterocycles. The van der Waals surface area contributed by atoms with Crippen LogP contribution in [0.3, 0.4) is 0 Å². The number of hydrogen-bond acceptors (Lipinski definition) is 5. The highest BCUT2D eigenvalue weighted by atomic mass is 32.1. The monoisotopic (exact) mass is 545 g/mol. The molecular weight excluding hydrogens is 498 g/mol. The normalized spacial score (nSPS) is 12.9. The number of ether oxygens (including phenoxy) is 1. The largest absolute Gasteiger partial charge is 0.465 e. The fraction of sp³-hybridized carbons (Fsp3) is 0.600. The van der Waals surface area contributed by atoms with Crippen LogP contribution in [0.25, 0.3) is 0 Å². The summed E-state index contributed by atoms with van der Waals surface area (Å²) in [5.74, 6) is -0.237. The van der Waals surface area contributed by atoms with Crippen LogP contribution < -0.4 is 4.90 Å². The summed E-state index contributed by atoms with van der Waals surface area (Å²) < 4.78 is 11.6. The van der Waals surface area contributed by atoms with E-state index in [2.05, 4.69) is 65.1 Å².